The van der Waals surface area contributed by atoms with E-state index >= 15 is 0 Å². The zero-order valence-corrected chi connectivity index (χ0v) is 14.1. The SMILES string of the molecule is Cc1cc(NC(=O)c2cc(F)c(Cl)cc2Cl)n(-c2ccccc2)n1. The van der Waals surface area contributed by atoms with Crippen LogP contribution in [0.5, 0.6) is 0 Å². The minimum Gasteiger partial charge on any atom is -0.306 e. The molecule has 0 aliphatic heterocycles. The Balaban J connectivity index is 1.95. The van der Waals surface area contributed by atoms with Crippen LogP contribution < -0.4 is 5.32 Å². The van der Waals surface area contributed by atoms with Gasteiger partial charge < -0.3 is 5.32 Å². The number of nitrogens with one attached hydrogen (secondary N) is 1. The highest BCUT2D eigenvalue weighted by Gasteiger charge is 2.17. The molecular weight excluding hydrogens is 352 g/mol. The Morgan fingerprint density at radius 2 is 1.83 bits per heavy atom. The summed E-state index contributed by atoms with van der Waals surface area (Å²) >= 11 is 11.6. The van der Waals surface area contributed by atoms with Gasteiger partial charge in [-0.2, -0.15) is 5.10 Å². The molecule has 0 unspecified atom stereocenters. The van der Waals surface area contributed by atoms with Gasteiger partial charge in [-0.15, -0.1) is 0 Å². The van der Waals surface area contributed by atoms with E-state index in [1.54, 1.807) is 10.7 Å². The first-order valence-electron chi connectivity index (χ1n) is 7.03. The largest absolute Gasteiger partial charge is 0.306 e. The van der Waals surface area contributed by atoms with Crippen LogP contribution in [0.3, 0.4) is 0 Å². The van der Waals surface area contributed by atoms with E-state index in [9.17, 15) is 9.18 Å². The summed E-state index contributed by atoms with van der Waals surface area (Å²) in [6.07, 6.45) is 0. The molecule has 0 fully saturated rings. The van der Waals surface area contributed by atoms with Crippen LogP contribution in [0.25, 0.3) is 5.69 Å². The van der Waals surface area contributed by atoms with Crippen molar-refractivity contribution in [3.8, 4) is 5.69 Å². The van der Waals surface area contributed by atoms with Gasteiger partial charge in [0.1, 0.15) is 11.6 Å². The third-order valence-electron chi connectivity index (χ3n) is 3.33. The van der Waals surface area contributed by atoms with Crippen LogP contribution in [-0.2, 0) is 0 Å². The minimum absolute atomic E-state index is 0.00275. The summed E-state index contributed by atoms with van der Waals surface area (Å²) in [5, 5.41) is 6.99. The molecule has 0 aliphatic rings. The standard InChI is InChI=1S/C17H12Cl2FN3O/c1-10-7-16(23(22-10)11-5-3-2-4-6-11)21-17(24)12-8-15(20)14(19)9-13(12)18/h2-9H,1H3,(H,21,24). The molecule has 24 heavy (non-hydrogen) atoms. The van der Waals surface area contributed by atoms with Crippen LogP contribution in [0.4, 0.5) is 10.2 Å². The summed E-state index contributed by atoms with van der Waals surface area (Å²) in [5.41, 5.74) is 1.51. The van der Waals surface area contributed by atoms with Crippen LogP contribution in [-0.4, -0.2) is 15.7 Å². The summed E-state index contributed by atoms with van der Waals surface area (Å²) in [4.78, 5) is 12.4. The van der Waals surface area contributed by atoms with Crippen molar-refractivity contribution in [2.75, 3.05) is 5.32 Å². The maximum absolute atomic E-state index is 13.6. The molecule has 2 aromatic carbocycles. The number of amides is 1. The number of carbonyl (C=O) groups excluding carboxylic acids is 1. The number of anilines is 1. The first-order valence-corrected chi connectivity index (χ1v) is 7.79. The van der Waals surface area contributed by atoms with Crippen molar-refractivity contribution in [1.82, 2.24) is 9.78 Å². The molecule has 1 aromatic heterocycles. The first kappa shape index (κ1) is 16.5. The number of nitrogens with zero attached hydrogens (tertiary/aromatic N) is 2. The summed E-state index contributed by atoms with van der Waals surface area (Å²) in [6.45, 7) is 1.81. The molecule has 0 saturated carbocycles. The molecule has 3 aromatic rings. The summed E-state index contributed by atoms with van der Waals surface area (Å²) in [6, 6.07) is 13.3. The molecule has 0 bridgehead atoms. The third kappa shape index (κ3) is 3.27. The van der Waals surface area contributed by atoms with Gasteiger partial charge in [-0.25, -0.2) is 9.07 Å². The molecule has 0 atom stereocenters. The van der Waals surface area contributed by atoms with Gasteiger partial charge in [-0.3, -0.25) is 4.79 Å². The molecule has 0 radical (unpaired) electrons. The number of aromatic nitrogens is 2. The monoisotopic (exact) mass is 363 g/mol. The fourth-order valence-corrected chi connectivity index (χ4v) is 2.70. The number of hydrogen-bond acceptors (Lipinski definition) is 2. The highest BCUT2D eigenvalue weighted by Crippen LogP contribution is 2.25. The van der Waals surface area contributed by atoms with Gasteiger partial charge in [-0.05, 0) is 31.2 Å². The molecule has 122 valence electrons. The highest BCUT2D eigenvalue weighted by atomic mass is 35.5. The van der Waals surface area contributed by atoms with Crippen molar-refractivity contribution < 1.29 is 9.18 Å². The molecule has 1 N–H and O–H groups in total. The molecule has 0 saturated heterocycles. The molecule has 1 amide bonds. The lowest BCUT2D eigenvalue weighted by molar-refractivity contribution is 0.102. The quantitative estimate of drug-likeness (QED) is 0.674. The van der Waals surface area contributed by atoms with E-state index in [0.717, 1.165) is 17.4 Å². The van der Waals surface area contributed by atoms with Crippen LogP contribution in [0.1, 0.15) is 16.1 Å². The maximum atomic E-state index is 13.6. The smallest absolute Gasteiger partial charge is 0.258 e. The number of rotatable bonds is 3. The lowest BCUT2D eigenvalue weighted by Crippen LogP contribution is -2.16. The average Bonchev–Trinajstić information content (AvgIpc) is 2.92. The van der Waals surface area contributed by atoms with Crippen LogP contribution >= 0.6 is 23.2 Å². The minimum atomic E-state index is -0.709. The van der Waals surface area contributed by atoms with Gasteiger partial charge in [0.2, 0.25) is 0 Å². The number of hydrogen-bond donors (Lipinski definition) is 1. The second kappa shape index (κ2) is 6.63. The zero-order chi connectivity index (χ0) is 17.3. The summed E-state index contributed by atoms with van der Waals surface area (Å²) < 4.78 is 15.2. The lowest BCUT2D eigenvalue weighted by Gasteiger charge is -2.10. The summed E-state index contributed by atoms with van der Waals surface area (Å²) in [5.74, 6) is -0.804. The normalized spacial score (nSPS) is 10.7. The predicted molar refractivity (Wildman–Crippen MR) is 92.7 cm³/mol. The first-order chi connectivity index (χ1) is 11.5. The molecular formula is C17H12Cl2FN3O. The second-order valence-electron chi connectivity index (χ2n) is 5.12. The fraction of sp³-hybridized carbons (Fsp3) is 0.0588. The molecule has 0 spiro atoms. The Hall–Kier alpha value is -2.37. The second-order valence-corrected chi connectivity index (χ2v) is 5.93. The van der Waals surface area contributed by atoms with E-state index in [0.29, 0.717) is 5.82 Å². The summed E-state index contributed by atoms with van der Waals surface area (Å²) in [7, 11) is 0. The topological polar surface area (TPSA) is 46.9 Å². The molecule has 7 heteroatoms. The Bertz CT molecular complexity index is 910. The number of carbonyl (C=O) groups is 1. The van der Waals surface area contributed by atoms with E-state index in [1.807, 2.05) is 37.3 Å². The van der Waals surface area contributed by atoms with Crippen molar-refractivity contribution in [2.45, 2.75) is 6.92 Å². The zero-order valence-electron chi connectivity index (χ0n) is 12.6. The number of aryl methyl sites for hydroxylation is 1. The van der Waals surface area contributed by atoms with Gasteiger partial charge in [0.05, 0.1) is 27.0 Å². The van der Waals surface area contributed by atoms with Crippen molar-refractivity contribution in [3.63, 3.8) is 0 Å². The van der Waals surface area contributed by atoms with E-state index in [1.165, 1.54) is 6.07 Å². The number of halogens is 3. The van der Waals surface area contributed by atoms with Gasteiger partial charge in [0, 0.05) is 6.07 Å². The Kier molecular flexibility index (Phi) is 4.55. The molecule has 4 nitrogen and oxygen atoms in total. The Morgan fingerprint density at radius 3 is 2.54 bits per heavy atom. The van der Waals surface area contributed by atoms with Gasteiger partial charge in [0.25, 0.3) is 5.91 Å². The lowest BCUT2D eigenvalue weighted by atomic mass is 10.2. The van der Waals surface area contributed by atoms with Crippen LogP contribution in [0.2, 0.25) is 10.0 Å². The third-order valence-corrected chi connectivity index (χ3v) is 3.93. The number of para-hydroxylation sites is 1. The van der Waals surface area contributed by atoms with Crippen molar-refractivity contribution in [2.24, 2.45) is 0 Å². The Morgan fingerprint density at radius 1 is 1.12 bits per heavy atom. The highest BCUT2D eigenvalue weighted by molar-refractivity contribution is 6.37. The van der Waals surface area contributed by atoms with E-state index in [-0.39, 0.29) is 15.6 Å². The molecule has 1 heterocycles. The van der Waals surface area contributed by atoms with E-state index < -0.39 is 11.7 Å². The predicted octanol–water partition coefficient (Wildman–Crippen LogP) is 4.88. The van der Waals surface area contributed by atoms with E-state index in [2.05, 4.69) is 10.4 Å². The maximum Gasteiger partial charge on any atom is 0.258 e. The van der Waals surface area contributed by atoms with Gasteiger partial charge >= 0.3 is 0 Å². The van der Waals surface area contributed by atoms with Crippen molar-refractivity contribution in [1.29, 1.82) is 0 Å². The van der Waals surface area contributed by atoms with Crippen LogP contribution in [0, 0.1) is 12.7 Å². The van der Waals surface area contributed by atoms with Gasteiger partial charge in [-0.1, -0.05) is 41.4 Å². The molecule has 3 rings (SSSR count). The van der Waals surface area contributed by atoms with Crippen molar-refractivity contribution in [3.05, 3.63) is 75.7 Å². The Labute approximate surface area is 147 Å². The molecule has 0 aliphatic carbocycles. The average molecular weight is 364 g/mol. The van der Waals surface area contributed by atoms with Crippen molar-refractivity contribution >= 4 is 34.9 Å². The van der Waals surface area contributed by atoms with E-state index in [4.69, 9.17) is 23.2 Å². The van der Waals surface area contributed by atoms with Gasteiger partial charge in [0.15, 0.2) is 0 Å². The fourth-order valence-electron chi connectivity index (χ4n) is 2.23. The van der Waals surface area contributed by atoms with Crippen LogP contribution in [0.15, 0.2) is 48.5 Å². The number of benzene rings is 2.